The van der Waals surface area contributed by atoms with E-state index in [1.807, 2.05) is 12.2 Å². The van der Waals surface area contributed by atoms with Gasteiger partial charge in [0.25, 0.3) is 5.78 Å². The molecule has 0 aromatic carbocycles. The molecule has 1 atom stereocenters. The molecule has 0 aliphatic heterocycles. The Balaban J connectivity index is 3.50. The number of terminal acetylenes is 2. The van der Waals surface area contributed by atoms with E-state index in [0.717, 1.165) is 64.2 Å². The van der Waals surface area contributed by atoms with Crippen LogP contribution in [0, 0.1) is 48.4 Å². The second-order valence-corrected chi connectivity index (χ2v) is 12.8. The molecule has 0 aromatic rings. The summed E-state index contributed by atoms with van der Waals surface area (Å²) in [5.41, 5.74) is 0. The van der Waals surface area contributed by atoms with Crippen molar-refractivity contribution in [3.63, 3.8) is 0 Å². The van der Waals surface area contributed by atoms with Crippen molar-refractivity contribution < 1.29 is 9.90 Å². The Morgan fingerprint density at radius 1 is 0.500 bits per heavy atom. The summed E-state index contributed by atoms with van der Waals surface area (Å²) in [7, 11) is 0. The maximum Gasteiger partial charge on any atom is 0.279 e. The molecular formula is C46H68O2. The number of rotatable bonds is 31. The molecule has 0 aromatic heterocycles. The number of ketones is 1. The van der Waals surface area contributed by atoms with Gasteiger partial charge >= 0.3 is 0 Å². The lowest BCUT2D eigenvalue weighted by Crippen LogP contribution is -1.95. The van der Waals surface area contributed by atoms with Crippen molar-refractivity contribution in [2.45, 2.75) is 186 Å². The van der Waals surface area contributed by atoms with Crippen LogP contribution in [0.25, 0.3) is 0 Å². The van der Waals surface area contributed by atoms with Crippen LogP contribution in [0.4, 0.5) is 0 Å². The first-order chi connectivity index (χ1) is 23.7. The molecule has 264 valence electrons. The molecule has 0 aliphatic carbocycles. The van der Waals surface area contributed by atoms with E-state index >= 15 is 0 Å². The van der Waals surface area contributed by atoms with Gasteiger partial charge in [-0.15, -0.1) is 18.8 Å². The predicted molar refractivity (Wildman–Crippen MR) is 210 cm³/mol. The summed E-state index contributed by atoms with van der Waals surface area (Å²) < 4.78 is 0. The van der Waals surface area contributed by atoms with Crippen molar-refractivity contribution in [3.8, 4) is 48.4 Å². The van der Waals surface area contributed by atoms with Gasteiger partial charge in [0, 0.05) is 12.8 Å². The predicted octanol–water partition coefficient (Wildman–Crippen LogP) is 12.3. The van der Waals surface area contributed by atoms with Crippen LogP contribution < -0.4 is 0 Å². The number of hydrogen-bond donors (Lipinski definition) is 1. The molecule has 0 saturated carbocycles. The summed E-state index contributed by atoms with van der Waals surface area (Å²) in [5, 5.41) is 9.25. The van der Waals surface area contributed by atoms with Gasteiger partial charge in [0.15, 0.2) is 0 Å². The highest BCUT2D eigenvalue weighted by molar-refractivity contribution is 6.08. The first-order valence-corrected chi connectivity index (χ1v) is 19.4. The number of aliphatic hydroxyl groups is 1. The van der Waals surface area contributed by atoms with Gasteiger partial charge in [0.05, 0.1) is 0 Å². The van der Waals surface area contributed by atoms with Gasteiger partial charge in [-0.1, -0.05) is 144 Å². The zero-order valence-corrected chi connectivity index (χ0v) is 30.5. The van der Waals surface area contributed by atoms with Crippen molar-refractivity contribution in [3.05, 3.63) is 48.6 Å². The first-order valence-electron chi connectivity index (χ1n) is 19.4. The number of carbonyl (C=O) groups excluding carboxylic acids is 1. The Morgan fingerprint density at radius 2 is 0.917 bits per heavy atom. The molecule has 48 heavy (non-hydrogen) atoms. The molecule has 0 heterocycles. The summed E-state index contributed by atoms with van der Waals surface area (Å²) >= 11 is 0. The number of carbonyl (C=O) groups is 1. The highest BCUT2D eigenvalue weighted by Gasteiger charge is 1.95. The normalized spacial score (nSPS) is 11.8. The standard InChI is InChI=1S/C46H68O2/c1-3-5-6-7-8-9-10-11-12-13-14-15-16-17-18-19-20-21-25-28-31-34-37-40-43-46(48)44-41-38-35-32-29-26-23-22-24-27-30-33-36-39-42-45(47)4-2/h1-2,21,23,25-26,34,37,39,42,45,47H,5-20,22,24,27-33,35-36,38H2/b25-21-,26-23-,37-34+,42-39+. The summed E-state index contributed by atoms with van der Waals surface area (Å²) in [5.74, 6) is 15.7. The lowest BCUT2D eigenvalue weighted by Gasteiger charge is -2.03. The minimum Gasteiger partial charge on any atom is -0.377 e. The summed E-state index contributed by atoms with van der Waals surface area (Å²) in [6, 6.07) is 0. The Kier molecular flexibility index (Phi) is 37.4. The van der Waals surface area contributed by atoms with E-state index in [1.165, 1.54) is 116 Å². The monoisotopic (exact) mass is 653 g/mol. The van der Waals surface area contributed by atoms with Gasteiger partial charge < -0.3 is 5.11 Å². The molecule has 1 unspecified atom stereocenters. The Labute approximate surface area is 297 Å². The first kappa shape index (κ1) is 44.8. The summed E-state index contributed by atoms with van der Waals surface area (Å²) in [6.45, 7) is 0. The topological polar surface area (TPSA) is 37.3 Å². The van der Waals surface area contributed by atoms with E-state index in [2.05, 4.69) is 59.8 Å². The maximum atomic E-state index is 11.8. The molecular weight excluding hydrogens is 585 g/mol. The van der Waals surface area contributed by atoms with Crippen LogP contribution in [0.3, 0.4) is 0 Å². The number of unbranched alkanes of at least 4 members (excludes halogenated alkanes) is 24. The largest absolute Gasteiger partial charge is 0.377 e. The van der Waals surface area contributed by atoms with E-state index in [0.29, 0.717) is 0 Å². The zero-order valence-electron chi connectivity index (χ0n) is 30.5. The van der Waals surface area contributed by atoms with Crippen molar-refractivity contribution in [1.82, 2.24) is 0 Å². The van der Waals surface area contributed by atoms with Crippen LogP contribution in [0.1, 0.15) is 180 Å². The quantitative estimate of drug-likeness (QED) is 0.0350. The molecule has 0 spiro atoms. The molecule has 1 N–H and O–H groups in total. The Hall–Kier alpha value is -3.17. The van der Waals surface area contributed by atoms with E-state index in [-0.39, 0.29) is 5.78 Å². The van der Waals surface area contributed by atoms with Crippen LogP contribution >= 0.6 is 0 Å². The molecule has 0 fully saturated rings. The smallest absolute Gasteiger partial charge is 0.279 e. The van der Waals surface area contributed by atoms with Crippen molar-refractivity contribution in [2.75, 3.05) is 0 Å². The minimum absolute atomic E-state index is 0.296. The van der Waals surface area contributed by atoms with E-state index < -0.39 is 6.10 Å². The highest BCUT2D eigenvalue weighted by Crippen LogP contribution is 2.14. The molecule has 0 bridgehead atoms. The SMILES string of the molecule is C#CCCCCCCCCCCCCCCCC/C=C\CC/C=C/C#CC(=O)C#CCCCC/C=C\CCCCCC/C=C/C(O)C#C. The van der Waals surface area contributed by atoms with Crippen LogP contribution in [-0.4, -0.2) is 17.0 Å². The van der Waals surface area contributed by atoms with E-state index in [9.17, 15) is 9.90 Å². The van der Waals surface area contributed by atoms with Crippen LogP contribution in [0.15, 0.2) is 48.6 Å². The fourth-order valence-corrected chi connectivity index (χ4v) is 5.33. The van der Waals surface area contributed by atoms with Gasteiger partial charge in [-0.05, 0) is 101 Å². The van der Waals surface area contributed by atoms with E-state index in [1.54, 1.807) is 12.2 Å². The highest BCUT2D eigenvalue weighted by atomic mass is 16.3. The Bertz CT molecular complexity index is 1070. The molecule has 0 radical (unpaired) electrons. The fourth-order valence-electron chi connectivity index (χ4n) is 5.33. The van der Waals surface area contributed by atoms with Gasteiger partial charge in [-0.2, -0.15) is 0 Å². The second kappa shape index (κ2) is 40.0. The van der Waals surface area contributed by atoms with Gasteiger partial charge in [-0.25, -0.2) is 0 Å². The lowest BCUT2D eigenvalue weighted by molar-refractivity contribution is -0.108. The number of hydrogen-bond acceptors (Lipinski definition) is 2. The van der Waals surface area contributed by atoms with Crippen LogP contribution in [0.5, 0.6) is 0 Å². The van der Waals surface area contributed by atoms with Crippen molar-refractivity contribution in [1.29, 1.82) is 0 Å². The van der Waals surface area contributed by atoms with E-state index in [4.69, 9.17) is 12.8 Å². The Morgan fingerprint density at radius 3 is 1.44 bits per heavy atom. The number of aliphatic hydroxyl groups excluding tert-OH is 1. The third kappa shape index (κ3) is 39.0. The second-order valence-electron chi connectivity index (χ2n) is 12.8. The van der Waals surface area contributed by atoms with Gasteiger partial charge in [0.2, 0.25) is 0 Å². The van der Waals surface area contributed by atoms with Gasteiger partial charge in [0.1, 0.15) is 6.10 Å². The molecule has 2 heteroatoms. The molecule has 0 rings (SSSR count). The van der Waals surface area contributed by atoms with Crippen molar-refractivity contribution in [2.24, 2.45) is 0 Å². The third-order valence-electron chi connectivity index (χ3n) is 8.27. The minimum atomic E-state index is -0.749. The fraction of sp³-hybridized carbons (Fsp3) is 0.630. The molecule has 2 nitrogen and oxygen atoms in total. The summed E-state index contributed by atoms with van der Waals surface area (Å²) in [6.07, 6.45) is 60.2. The molecule has 0 aliphatic rings. The van der Waals surface area contributed by atoms with Crippen LogP contribution in [-0.2, 0) is 4.79 Å². The summed E-state index contributed by atoms with van der Waals surface area (Å²) in [4.78, 5) is 11.8. The molecule has 0 amide bonds. The average Bonchev–Trinajstić information content (AvgIpc) is 3.09. The zero-order chi connectivity index (χ0) is 34.9. The third-order valence-corrected chi connectivity index (χ3v) is 8.27. The molecule has 0 saturated heterocycles. The average molecular weight is 653 g/mol. The lowest BCUT2D eigenvalue weighted by atomic mass is 10.0. The van der Waals surface area contributed by atoms with Crippen molar-refractivity contribution >= 4 is 5.78 Å². The number of Topliss-reactive ketones (excluding diaryl/α,β-unsaturated/α-hetero) is 1. The maximum absolute atomic E-state index is 11.8. The van der Waals surface area contributed by atoms with Gasteiger partial charge in [-0.3, -0.25) is 4.79 Å². The van der Waals surface area contributed by atoms with Crippen LogP contribution in [0.2, 0.25) is 0 Å². The number of allylic oxidation sites excluding steroid dienone is 7.